The molecule has 0 saturated carbocycles. The van der Waals surface area contributed by atoms with Crippen LogP contribution in [-0.4, -0.2) is 25.2 Å². The predicted molar refractivity (Wildman–Crippen MR) is 78.8 cm³/mol. The Hall–Kier alpha value is -1.78. The van der Waals surface area contributed by atoms with E-state index in [4.69, 9.17) is 4.42 Å². The van der Waals surface area contributed by atoms with Crippen molar-refractivity contribution in [2.45, 2.75) is 19.1 Å². The molecular formula is C16H20N2O2. The molecule has 0 aliphatic carbocycles. The molecule has 2 N–H and O–H groups in total. The normalized spacial score (nSPS) is 15.4. The van der Waals surface area contributed by atoms with E-state index in [0.29, 0.717) is 12.3 Å². The lowest BCUT2D eigenvalue weighted by Gasteiger charge is -2.13. The molecule has 2 aromatic rings. The molecule has 1 unspecified atom stereocenters. The Labute approximate surface area is 119 Å². The molecule has 0 saturated heterocycles. The first-order valence-corrected chi connectivity index (χ1v) is 6.99. The molecule has 4 heteroatoms. The fourth-order valence-electron chi connectivity index (χ4n) is 2.66. The van der Waals surface area contributed by atoms with Crippen LogP contribution in [0.2, 0.25) is 0 Å². The average molecular weight is 272 g/mol. The number of benzene rings is 1. The number of nitrogens with one attached hydrogen (secondary N) is 1. The summed E-state index contributed by atoms with van der Waals surface area (Å²) < 4.78 is 5.17. The minimum atomic E-state index is -0.592. The zero-order valence-electron chi connectivity index (χ0n) is 11.7. The molecular weight excluding hydrogens is 252 g/mol. The van der Waals surface area contributed by atoms with Crippen molar-refractivity contribution in [1.82, 2.24) is 5.32 Å². The maximum absolute atomic E-state index is 9.91. The minimum Gasteiger partial charge on any atom is -0.467 e. The third-order valence-corrected chi connectivity index (χ3v) is 3.81. The topological polar surface area (TPSA) is 48.6 Å². The highest BCUT2D eigenvalue weighted by atomic mass is 16.4. The monoisotopic (exact) mass is 272 g/mol. The fourth-order valence-corrected chi connectivity index (χ4v) is 2.66. The van der Waals surface area contributed by atoms with E-state index < -0.39 is 6.10 Å². The second-order valence-corrected chi connectivity index (χ2v) is 5.30. The van der Waals surface area contributed by atoms with E-state index in [9.17, 15) is 5.11 Å². The maximum Gasteiger partial charge on any atom is 0.133 e. The van der Waals surface area contributed by atoms with Crippen molar-refractivity contribution in [3.8, 4) is 0 Å². The van der Waals surface area contributed by atoms with Crippen molar-refractivity contribution in [2.24, 2.45) is 0 Å². The second-order valence-electron chi connectivity index (χ2n) is 5.30. The molecule has 4 nitrogen and oxygen atoms in total. The van der Waals surface area contributed by atoms with Crippen LogP contribution in [0.3, 0.4) is 0 Å². The molecule has 1 atom stereocenters. The molecule has 1 aliphatic rings. The number of hydrogen-bond donors (Lipinski definition) is 2. The van der Waals surface area contributed by atoms with Crippen LogP contribution < -0.4 is 10.2 Å². The SMILES string of the molecule is CN1CCc2cc(CNCC(O)c3ccco3)ccc21. The van der Waals surface area contributed by atoms with Gasteiger partial charge in [0.1, 0.15) is 11.9 Å². The average Bonchev–Trinajstić information content (AvgIpc) is 3.09. The van der Waals surface area contributed by atoms with Crippen LogP contribution in [0, 0.1) is 0 Å². The predicted octanol–water partition coefficient (Wildman–Crippen LogP) is 2.10. The van der Waals surface area contributed by atoms with E-state index in [-0.39, 0.29) is 0 Å². The number of hydrogen-bond acceptors (Lipinski definition) is 4. The first-order chi connectivity index (χ1) is 9.74. The zero-order valence-corrected chi connectivity index (χ0v) is 11.7. The third kappa shape index (κ3) is 2.71. The van der Waals surface area contributed by atoms with Gasteiger partial charge in [0.25, 0.3) is 0 Å². The smallest absolute Gasteiger partial charge is 0.133 e. The summed E-state index contributed by atoms with van der Waals surface area (Å²) in [7, 11) is 2.13. The van der Waals surface area contributed by atoms with E-state index in [2.05, 4.69) is 35.5 Å². The standard InChI is InChI=1S/C16H20N2O2/c1-18-7-6-13-9-12(4-5-14(13)18)10-17-11-15(19)16-3-2-8-20-16/h2-5,8-9,15,17,19H,6-7,10-11H2,1H3. The summed E-state index contributed by atoms with van der Waals surface area (Å²) in [5.41, 5.74) is 4.01. The van der Waals surface area contributed by atoms with Crippen molar-refractivity contribution in [1.29, 1.82) is 0 Å². The molecule has 0 bridgehead atoms. The number of likely N-dealkylation sites (N-methyl/N-ethyl adjacent to an activating group) is 1. The van der Waals surface area contributed by atoms with Gasteiger partial charge in [-0.15, -0.1) is 0 Å². The number of anilines is 1. The summed E-state index contributed by atoms with van der Waals surface area (Å²) in [6, 6.07) is 10.2. The van der Waals surface area contributed by atoms with Gasteiger partial charge in [0.05, 0.1) is 6.26 Å². The quantitative estimate of drug-likeness (QED) is 0.875. The molecule has 1 aromatic carbocycles. The van der Waals surface area contributed by atoms with E-state index >= 15 is 0 Å². The summed E-state index contributed by atoms with van der Waals surface area (Å²) in [6.07, 6.45) is 2.11. The molecule has 0 spiro atoms. The molecule has 1 aliphatic heterocycles. The first-order valence-electron chi connectivity index (χ1n) is 6.99. The van der Waals surface area contributed by atoms with Gasteiger partial charge < -0.3 is 19.7 Å². The molecule has 0 amide bonds. The fraction of sp³-hybridized carbons (Fsp3) is 0.375. The largest absolute Gasteiger partial charge is 0.467 e. The highest BCUT2D eigenvalue weighted by Gasteiger charge is 2.15. The molecule has 106 valence electrons. The van der Waals surface area contributed by atoms with E-state index in [1.807, 2.05) is 0 Å². The van der Waals surface area contributed by atoms with E-state index in [0.717, 1.165) is 19.5 Å². The molecule has 1 aromatic heterocycles. The van der Waals surface area contributed by atoms with Crippen molar-refractivity contribution in [3.05, 3.63) is 53.5 Å². The lowest BCUT2D eigenvalue weighted by molar-refractivity contribution is 0.147. The number of aliphatic hydroxyl groups is 1. The third-order valence-electron chi connectivity index (χ3n) is 3.81. The van der Waals surface area contributed by atoms with Gasteiger partial charge in [-0.1, -0.05) is 12.1 Å². The summed E-state index contributed by atoms with van der Waals surface area (Å²) in [5, 5.41) is 13.2. The van der Waals surface area contributed by atoms with Gasteiger partial charge in [-0.3, -0.25) is 0 Å². The summed E-state index contributed by atoms with van der Waals surface area (Å²) in [6.45, 7) is 2.35. The summed E-state index contributed by atoms with van der Waals surface area (Å²) >= 11 is 0. The highest BCUT2D eigenvalue weighted by Crippen LogP contribution is 2.27. The Morgan fingerprint density at radius 1 is 1.40 bits per heavy atom. The highest BCUT2D eigenvalue weighted by molar-refractivity contribution is 5.58. The summed E-state index contributed by atoms with van der Waals surface area (Å²) in [4.78, 5) is 2.28. The molecule has 20 heavy (non-hydrogen) atoms. The van der Waals surface area contributed by atoms with Crippen LogP contribution >= 0.6 is 0 Å². The van der Waals surface area contributed by atoms with Crippen molar-refractivity contribution >= 4 is 5.69 Å². The second kappa shape index (κ2) is 5.69. The number of nitrogens with zero attached hydrogens (tertiary/aromatic N) is 1. The molecule has 3 rings (SSSR count). The van der Waals surface area contributed by atoms with E-state index in [1.165, 1.54) is 16.8 Å². The Morgan fingerprint density at radius 3 is 3.10 bits per heavy atom. The van der Waals surface area contributed by atoms with Crippen molar-refractivity contribution in [2.75, 3.05) is 25.0 Å². The zero-order chi connectivity index (χ0) is 13.9. The maximum atomic E-state index is 9.91. The Bertz CT molecular complexity index is 566. The molecule has 0 radical (unpaired) electrons. The van der Waals surface area contributed by atoms with Crippen molar-refractivity contribution < 1.29 is 9.52 Å². The van der Waals surface area contributed by atoms with Crippen LogP contribution in [0.4, 0.5) is 5.69 Å². The lowest BCUT2D eigenvalue weighted by Crippen LogP contribution is -2.20. The van der Waals surface area contributed by atoms with Crippen molar-refractivity contribution in [3.63, 3.8) is 0 Å². The number of aliphatic hydroxyl groups excluding tert-OH is 1. The van der Waals surface area contributed by atoms with E-state index in [1.54, 1.807) is 18.4 Å². The van der Waals surface area contributed by atoms with Crippen LogP contribution in [0.1, 0.15) is 23.0 Å². The van der Waals surface area contributed by atoms with Crippen LogP contribution in [-0.2, 0) is 13.0 Å². The molecule has 2 heterocycles. The summed E-state index contributed by atoms with van der Waals surface area (Å²) in [5.74, 6) is 0.605. The Morgan fingerprint density at radius 2 is 2.30 bits per heavy atom. The van der Waals surface area contributed by atoms with Gasteiger partial charge in [-0.2, -0.15) is 0 Å². The Kier molecular flexibility index (Phi) is 3.76. The van der Waals surface area contributed by atoms with Gasteiger partial charge >= 0.3 is 0 Å². The Balaban J connectivity index is 1.54. The van der Waals surface area contributed by atoms with Crippen LogP contribution in [0.5, 0.6) is 0 Å². The number of fused-ring (bicyclic) bond motifs is 1. The van der Waals surface area contributed by atoms with Gasteiger partial charge in [0.2, 0.25) is 0 Å². The minimum absolute atomic E-state index is 0.491. The first kappa shape index (κ1) is 13.2. The number of furan rings is 1. The van der Waals surface area contributed by atoms with Gasteiger partial charge in [-0.25, -0.2) is 0 Å². The molecule has 0 fully saturated rings. The van der Waals surface area contributed by atoms with Gasteiger partial charge in [0, 0.05) is 32.4 Å². The van der Waals surface area contributed by atoms with Gasteiger partial charge in [0.15, 0.2) is 0 Å². The van der Waals surface area contributed by atoms with Gasteiger partial charge in [-0.05, 0) is 35.7 Å². The van der Waals surface area contributed by atoms with Crippen LogP contribution in [0.25, 0.3) is 0 Å². The lowest BCUT2D eigenvalue weighted by atomic mass is 10.1. The number of rotatable bonds is 5. The van der Waals surface area contributed by atoms with Crippen LogP contribution in [0.15, 0.2) is 41.0 Å².